The summed E-state index contributed by atoms with van der Waals surface area (Å²) < 4.78 is 0. The number of nitrogens with zero attached hydrogens (tertiary/aromatic N) is 2. The van der Waals surface area contributed by atoms with Gasteiger partial charge in [-0.1, -0.05) is 40.7 Å². The number of aromatic nitrogens is 1. The topological polar surface area (TPSA) is 28.2 Å². The molecule has 1 aliphatic rings. The molecule has 118 valence electrons. The number of nitrogens with one attached hydrogen (secondary N) is 1. The van der Waals surface area contributed by atoms with Crippen molar-refractivity contribution in [2.45, 2.75) is 60.2 Å². The summed E-state index contributed by atoms with van der Waals surface area (Å²) in [5.74, 6) is 0.665. The SMILES string of the molecule is Cc1cccnc1CN1CC(C(C)C)NCC1C(C)(C)C. The van der Waals surface area contributed by atoms with Gasteiger partial charge in [0.05, 0.1) is 5.69 Å². The molecule has 0 aliphatic carbocycles. The van der Waals surface area contributed by atoms with Crippen molar-refractivity contribution >= 4 is 0 Å². The summed E-state index contributed by atoms with van der Waals surface area (Å²) in [6.45, 7) is 16.9. The first-order valence-corrected chi connectivity index (χ1v) is 8.17. The first kappa shape index (κ1) is 16.4. The van der Waals surface area contributed by atoms with Crippen LogP contribution in [0.1, 0.15) is 45.9 Å². The minimum absolute atomic E-state index is 0.275. The Morgan fingerprint density at radius 2 is 2.10 bits per heavy atom. The van der Waals surface area contributed by atoms with Gasteiger partial charge in [-0.3, -0.25) is 9.88 Å². The van der Waals surface area contributed by atoms with E-state index in [-0.39, 0.29) is 5.41 Å². The lowest BCUT2D eigenvalue weighted by molar-refractivity contribution is 0.0390. The first-order valence-electron chi connectivity index (χ1n) is 8.17. The average Bonchev–Trinajstić information content (AvgIpc) is 2.40. The second-order valence-corrected chi connectivity index (χ2v) is 7.84. The Bertz CT molecular complexity index is 462. The maximum absolute atomic E-state index is 4.60. The lowest BCUT2D eigenvalue weighted by Crippen LogP contribution is -2.61. The molecule has 1 fully saturated rings. The van der Waals surface area contributed by atoms with Crippen LogP contribution in [-0.4, -0.2) is 35.1 Å². The molecule has 1 aliphatic heterocycles. The van der Waals surface area contributed by atoms with Gasteiger partial charge in [-0.15, -0.1) is 0 Å². The first-order chi connectivity index (χ1) is 9.79. The molecule has 2 unspecified atom stereocenters. The molecule has 1 aromatic rings. The van der Waals surface area contributed by atoms with Crippen LogP contribution in [0.5, 0.6) is 0 Å². The fraction of sp³-hybridized carbons (Fsp3) is 0.722. The van der Waals surface area contributed by atoms with Gasteiger partial charge in [-0.2, -0.15) is 0 Å². The summed E-state index contributed by atoms with van der Waals surface area (Å²) in [5.41, 5.74) is 2.79. The fourth-order valence-electron chi connectivity index (χ4n) is 3.19. The van der Waals surface area contributed by atoms with Crippen LogP contribution in [0.15, 0.2) is 18.3 Å². The molecular weight excluding hydrogens is 258 g/mol. The van der Waals surface area contributed by atoms with E-state index in [0.29, 0.717) is 18.0 Å². The number of pyridine rings is 1. The second-order valence-electron chi connectivity index (χ2n) is 7.84. The summed E-state index contributed by atoms with van der Waals surface area (Å²) in [7, 11) is 0. The smallest absolute Gasteiger partial charge is 0.0573 e. The van der Waals surface area contributed by atoms with Crippen LogP contribution in [0.25, 0.3) is 0 Å². The molecule has 0 spiro atoms. The Labute approximate surface area is 130 Å². The lowest BCUT2D eigenvalue weighted by Gasteiger charge is -2.47. The third-order valence-corrected chi connectivity index (χ3v) is 4.72. The molecule has 0 aromatic carbocycles. The maximum atomic E-state index is 4.60. The molecule has 3 heteroatoms. The van der Waals surface area contributed by atoms with E-state index in [1.165, 1.54) is 11.3 Å². The van der Waals surface area contributed by atoms with Crippen LogP contribution in [0.3, 0.4) is 0 Å². The molecule has 3 nitrogen and oxygen atoms in total. The van der Waals surface area contributed by atoms with Gasteiger partial charge in [-0.05, 0) is 29.9 Å². The van der Waals surface area contributed by atoms with Crippen molar-refractivity contribution in [2.75, 3.05) is 13.1 Å². The molecule has 2 atom stereocenters. The molecule has 0 radical (unpaired) electrons. The maximum Gasteiger partial charge on any atom is 0.0573 e. The summed E-state index contributed by atoms with van der Waals surface area (Å²) in [6.07, 6.45) is 1.91. The van der Waals surface area contributed by atoms with Crippen molar-refractivity contribution < 1.29 is 0 Å². The summed E-state index contributed by atoms with van der Waals surface area (Å²) >= 11 is 0. The lowest BCUT2D eigenvalue weighted by atomic mass is 9.83. The van der Waals surface area contributed by atoms with Crippen molar-refractivity contribution in [1.29, 1.82) is 0 Å². The van der Waals surface area contributed by atoms with E-state index in [1.807, 2.05) is 12.3 Å². The molecular formula is C18H31N3. The minimum Gasteiger partial charge on any atom is -0.311 e. The highest BCUT2D eigenvalue weighted by atomic mass is 15.2. The van der Waals surface area contributed by atoms with Crippen molar-refractivity contribution in [1.82, 2.24) is 15.2 Å². The predicted octanol–water partition coefficient (Wildman–Crippen LogP) is 3.23. The molecule has 1 aromatic heterocycles. The average molecular weight is 289 g/mol. The molecule has 1 N–H and O–H groups in total. The van der Waals surface area contributed by atoms with E-state index in [0.717, 1.165) is 19.6 Å². The standard InChI is InChI=1S/C18H31N3/c1-13(2)15-11-21(17(10-20-15)18(4,5)6)12-16-14(3)8-7-9-19-16/h7-9,13,15,17,20H,10-12H2,1-6H3. The van der Waals surface area contributed by atoms with Gasteiger partial charge in [0.15, 0.2) is 0 Å². The molecule has 0 bridgehead atoms. The van der Waals surface area contributed by atoms with Crippen LogP contribution < -0.4 is 5.32 Å². The number of aryl methyl sites for hydroxylation is 1. The molecule has 21 heavy (non-hydrogen) atoms. The van der Waals surface area contributed by atoms with Crippen LogP contribution in [-0.2, 0) is 6.54 Å². The van der Waals surface area contributed by atoms with E-state index < -0.39 is 0 Å². The largest absolute Gasteiger partial charge is 0.311 e. The number of hydrogen-bond donors (Lipinski definition) is 1. The normalized spacial score (nSPS) is 24.5. The molecule has 0 amide bonds. The molecule has 2 rings (SSSR count). The zero-order valence-electron chi connectivity index (χ0n) is 14.5. The zero-order valence-corrected chi connectivity index (χ0v) is 14.5. The molecule has 2 heterocycles. The van der Waals surface area contributed by atoms with E-state index in [1.54, 1.807) is 0 Å². The Morgan fingerprint density at radius 3 is 2.67 bits per heavy atom. The molecule has 1 saturated heterocycles. The second kappa shape index (κ2) is 6.45. The fourth-order valence-corrected chi connectivity index (χ4v) is 3.19. The van der Waals surface area contributed by atoms with Crippen LogP contribution in [0.2, 0.25) is 0 Å². The van der Waals surface area contributed by atoms with Gasteiger partial charge in [0, 0.05) is 37.9 Å². The van der Waals surface area contributed by atoms with Gasteiger partial charge in [-0.25, -0.2) is 0 Å². The van der Waals surface area contributed by atoms with Crippen LogP contribution >= 0.6 is 0 Å². The number of hydrogen-bond acceptors (Lipinski definition) is 3. The zero-order chi connectivity index (χ0) is 15.6. The van der Waals surface area contributed by atoms with Crippen LogP contribution in [0, 0.1) is 18.3 Å². The van der Waals surface area contributed by atoms with Gasteiger partial charge < -0.3 is 5.32 Å². The minimum atomic E-state index is 0.275. The Morgan fingerprint density at radius 1 is 1.38 bits per heavy atom. The van der Waals surface area contributed by atoms with Crippen molar-refractivity contribution in [3.63, 3.8) is 0 Å². The highest BCUT2D eigenvalue weighted by Gasteiger charge is 2.36. The van der Waals surface area contributed by atoms with Gasteiger partial charge >= 0.3 is 0 Å². The van der Waals surface area contributed by atoms with Crippen molar-refractivity contribution in [3.8, 4) is 0 Å². The third kappa shape index (κ3) is 4.04. The summed E-state index contributed by atoms with van der Waals surface area (Å²) in [4.78, 5) is 7.23. The Kier molecular flexibility index (Phi) is 5.05. The van der Waals surface area contributed by atoms with Crippen molar-refractivity contribution in [2.24, 2.45) is 11.3 Å². The summed E-state index contributed by atoms with van der Waals surface area (Å²) in [6, 6.07) is 5.31. The predicted molar refractivity (Wildman–Crippen MR) is 89.3 cm³/mol. The van der Waals surface area contributed by atoms with Gasteiger partial charge in [0.2, 0.25) is 0 Å². The number of rotatable bonds is 3. The van der Waals surface area contributed by atoms with E-state index in [4.69, 9.17) is 0 Å². The quantitative estimate of drug-likeness (QED) is 0.926. The molecule has 0 saturated carbocycles. The van der Waals surface area contributed by atoms with E-state index in [9.17, 15) is 0 Å². The summed E-state index contributed by atoms with van der Waals surface area (Å²) in [5, 5.41) is 3.74. The Balaban J connectivity index is 2.19. The number of piperazine rings is 1. The van der Waals surface area contributed by atoms with E-state index in [2.05, 4.69) is 62.8 Å². The third-order valence-electron chi connectivity index (χ3n) is 4.72. The van der Waals surface area contributed by atoms with Gasteiger partial charge in [0.25, 0.3) is 0 Å². The highest BCUT2D eigenvalue weighted by Crippen LogP contribution is 2.29. The Hall–Kier alpha value is -0.930. The van der Waals surface area contributed by atoms with Crippen molar-refractivity contribution in [3.05, 3.63) is 29.6 Å². The van der Waals surface area contributed by atoms with E-state index >= 15 is 0 Å². The van der Waals surface area contributed by atoms with Crippen LogP contribution in [0.4, 0.5) is 0 Å². The van der Waals surface area contributed by atoms with Gasteiger partial charge in [0.1, 0.15) is 0 Å². The monoisotopic (exact) mass is 289 g/mol. The highest BCUT2D eigenvalue weighted by molar-refractivity contribution is 5.18.